The van der Waals surface area contributed by atoms with Crippen LogP contribution in [0.2, 0.25) is 0 Å². The highest BCUT2D eigenvalue weighted by Crippen LogP contribution is 2.25. The Hall–Kier alpha value is -2.43. The molecule has 0 atom stereocenters. The molecule has 0 radical (unpaired) electrons. The summed E-state index contributed by atoms with van der Waals surface area (Å²) >= 11 is 0. The molecule has 0 saturated carbocycles. The first-order chi connectivity index (χ1) is 9.10. The van der Waals surface area contributed by atoms with Crippen LogP contribution in [-0.4, -0.2) is 21.0 Å². The molecule has 0 fully saturated rings. The lowest BCUT2D eigenvalue weighted by molar-refractivity contribution is 0.0696. The second kappa shape index (κ2) is 5.48. The molecule has 1 aromatic heterocycles. The summed E-state index contributed by atoms with van der Waals surface area (Å²) < 4.78 is 5.63. The first-order valence-corrected chi connectivity index (χ1v) is 5.93. The molecule has 2 aromatic rings. The van der Waals surface area contributed by atoms with Gasteiger partial charge < -0.3 is 9.84 Å². The summed E-state index contributed by atoms with van der Waals surface area (Å²) in [4.78, 5) is 19.0. The van der Waals surface area contributed by atoms with Gasteiger partial charge >= 0.3 is 5.97 Å². The molecule has 1 N–H and O–H groups in total. The van der Waals surface area contributed by atoms with Crippen molar-refractivity contribution in [1.82, 2.24) is 9.97 Å². The lowest BCUT2D eigenvalue weighted by atomic mass is 10.1. The fraction of sp³-hybridized carbons (Fsp3) is 0.214. The number of carbonyl (C=O) groups is 1. The monoisotopic (exact) mass is 258 g/mol. The molecule has 1 heterocycles. The van der Waals surface area contributed by atoms with Gasteiger partial charge in [0.2, 0.25) is 5.88 Å². The number of rotatable bonds is 4. The van der Waals surface area contributed by atoms with Crippen molar-refractivity contribution in [3.8, 4) is 11.6 Å². The standard InChI is InChI=1S/C14H14N2O3/c1-3-11-7-13(16-8-15-11)19-12-6-10(14(17)18)5-4-9(12)2/h4-8H,3H2,1-2H3,(H,17,18). The van der Waals surface area contributed by atoms with Gasteiger partial charge in [-0.1, -0.05) is 13.0 Å². The summed E-state index contributed by atoms with van der Waals surface area (Å²) in [5.41, 5.74) is 1.91. The van der Waals surface area contributed by atoms with Gasteiger partial charge in [0, 0.05) is 11.8 Å². The smallest absolute Gasteiger partial charge is 0.335 e. The molecule has 0 aliphatic rings. The van der Waals surface area contributed by atoms with Gasteiger partial charge in [-0.3, -0.25) is 0 Å². The third-order valence-electron chi connectivity index (χ3n) is 2.71. The normalized spacial score (nSPS) is 10.2. The van der Waals surface area contributed by atoms with Crippen LogP contribution in [0.1, 0.15) is 28.5 Å². The Balaban J connectivity index is 2.31. The second-order valence-corrected chi connectivity index (χ2v) is 4.09. The topological polar surface area (TPSA) is 72.3 Å². The lowest BCUT2D eigenvalue weighted by Gasteiger charge is -2.09. The molecule has 0 aliphatic heterocycles. The summed E-state index contributed by atoms with van der Waals surface area (Å²) in [6.45, 7) is 3.84. The molecular weight excluding hydrogens is 244 g/mol. The largest absolute Gasteiger partial charge is 0.478 e. The molecule has 0 amide bonds. The molecule has 0 aliphatic carbocycles. The number of aromatic carboxylic acids is 1. The average molecular weight is 258 g/mol. The summed E-state index contributed by atoms with van der Waals surface area (Å²) in [5.74, 6) is -0.0834. The van der Waals surface area contributed by atoms with Crippen LogP contribution in [0.3, 0.4) is 0 Å². The van der Waals surface area contributed by atoms with E-state index in [2.05, 4.69) is 9.97 Å². The summed E-state index contributed by atoms with van der Waals surface area (Å²) in [5, 5.41) is 8.97. The van der Waals surface area contributed by atoms with E-state index in [1.165, 1.54) is 12.4 Å². The summed E-state index contributed by atoms with van der Waals surface area (Å²) in [7, 11) is 0. The number of ether oxygens (including phenoxy) is 1. The SMILES string of the molecule is CCc1cc(Oc2cc(C(=O)O)ccc2C)ncn1. The number of carboxylic acids is 1. The number of aryl methyl sites for hydroxylation is 2. The van der Waals surface area contributed by atoms with E-state index in [1.807, 2.05) is 13.8 Å². The van der Waals surface area contributed by atoms with Crippen LogP contribution in [0.4, 0.5) is 0 Å². The summed E-state index contributed by atoms with van der Waals surface area (Å²) in [6, 6.07) is 6.49. The van der Waals surface area contributed by atoms with Crippen LogP contribution in [-0.2, 0) is 6.42 Å². The van der Waals surface area contributed by atoms with Crippen molar-refractivity contribution in [3.63, 3.8) is 0 Å². The zero-order chi connectivity index (χ0) is 13.8. The van der Waals surface area contributed by atoms with E-state index >= 15 is 0 Å². The Morgan fingerprint density at radius 3 is 2.79 bits per heavy atom. The van der Waals surface area contributed by atoms with E-state index in [0.717, 1.165) is 17.7 Å². The number of benzene rings is 1. The molecule has 0 bridgehead atoms. The van der Waals surface area contributed by atoms with Crippen molar-refractivity contribution in [2.24, 2.45) is 0 Å². The predicted molar refractivity (Wildman–Crippen MR) is 69.6 cm³/mol. The number of hydrogen-bond acceptors (Lipinski definition) is 4. The van der Waals surface area contributed by atoms with Crippen molar-refractivity contribution in [2.75, 3.05) is 0 Å². The Morgan fingerprint density at radius 1 is 1.32 bits per heavy atom. The van der Waals surface area contributed by atoms with Gasteiger partial charge in [-0.25, -0.2) is 14.8 Å². The van der Waals surface area contributed by atoms with E-state index in [1.54, 1.807) is 18.2 Å². The zero-order valence-corrected chi connectivity index (χ0v) is 10.8. The van der Waals surface area contributed by atoms with Gasteiger partial charge in [0.1, 0.15) is 12.1 Å². The second-order valence-electron chi connectivity index (χ2n) is 4.09. The van der Waals surface area contributed by atoms with Crippen molar-refractivity contribution in [2.45, 2.75) is 20.3 Å². The Bertz CT molecular complexity index is 611. The molecule has 98 valence electrons. The van der Waals surface area contributed by atoms with E-state index in [0.29, 0.717) is 11.6 Å². The van der Waals surface area contributed by atoms with Crippen molar-refractivity contribution >= 4 is 5.97 Å². The minimum Gasteiger partial charge on any atom is -0.478 e. The van der Waals surface area contributed by atoms with Gasteiger partial charge in [-0.2, -0.15) is 0 Å². The van der Waals surface area contributed by atoms with Crippen molar-refractivity contribution in [3.05, 3.63) is 47.4 Å². The maximum absolute atomic E-state index is 10.9. The molecule has 5 heteroatoms. The van der Waals surface area contributed by atoms with Gasteiger partial charge in [0.15, 0.2) is 0 Å². The number of hydrogen-bond donors (Lipinski definition) is 1. The molecular formula is C14H14N2O3. The third-order valence-corrected chi connectivity index (χ3v) is 2.71. The first kappa shape index (κ1) is 13.0. The van der Waals surface area contributed by atoms with Crippen LogP contribution in [0.5, 0.6) is 11.6 Å². The Morgan fingerprint density at radius 2 is 2.11 bits per heavy atom. The minimum absolute atomic E-state index is 0.186. The van der Waals surface area contributed by atoms with Gasteiger partial charge in [0.05, 0.1) is 5.56 Å². The molecule has 19 heavy (non-hydrogen) atoms. The van der Waals surface area contributed by atoms with Crippen LogP contribution < -0.4 is 4.74 Å². The molecule has 2 rings (SSSR count). The average Bonchev–Trinajstić information content (AvgIpc) is 2.41. The maximum Gasteiger partial charge on any atom is 0.335 e. The zero-order valence-electron chi connectivity index (χ0n) is 10.8. The quantitative estimate of drug-likeness (QED) is 0.912. The van der Waals surface area contributed by atoms with Gasteiger partial charge in [-0.15, -0.1) is 0 Å². The highest BCUT2D eigenvalue weighted by molar-refractivity contribution is 5.88. The fourth-order valence-corrected chi connectivity index (χ4v) is 1.58. The number of carboxylic acid groups (broad SMARTS) is 1. The number of aromatic nitrogens is 2. The third kappa shape index (κ3) is 3.07. The van der Waals surface area contributed by atoms with Crippen molar-refractivity contribution in [1.29, 1.82) is 0 Å². The van der Waals surface area contributed by atoms with Crippen LogP contribution >= 0.6 is 0 Å². The Labute approximate surface area is 110 Å². The van der Waals surface area contributed by atoms with Crippen LogP contribution in [0, 0.1) is 6.92 Å². The molecule has 0 saturated heterocycles. The van der Waals surface area contributed by atoms with Crippen molar-refractivity contribution < 1.29 is 14.6 Å². The number of nitrogens with zero attached hydrogens (tertiary/aromatic N) is 2. The molecule has 5 nitrogen and oxygen atoms in total. The molecule has 1 aromatic carbocycles. The van der Waals surface area contributed by atoms with E-state index in [9.17, 15) is 4.79 Å². The Kier molecular flexibility index (Phi) is 3.75. The van der Waals surface area contributed by atoms with E-state index in [-0.39, 0.29) is 5.56 Å². The molecule has 0 unspecified atom stereocenters. The predicted octanol–water partition coefficient (Wildman–Crippen LogP) is 2.84. The van der Waals surface area contributed by atoms with E-state index in [4.69, 9.17) is 9.84 Å². The first-order valence-electron chi connectivity index (χ1n) is 5.93. The minimum atomic E-state index is -0.984. The van der Waals surface area contributed by atoms with Crippen LogP contribution in [0.25, 0.3) is 0 Å². The van der Waals surface area contributed by atoms with Gasteiger partial charge in [-0.05, 0) is 31.0 Å². The lowest BCUT2D eigenvalue weighted by Crippen LogP contribution is -1.99. The fourth-order valence-electron chi connectivity index (χ4n) is 1.58. The maximum atomic E-state index is 10.9. The highest BCUT2D eigenvalue weighted by Gasteiger charge is 2.09. The highest BCUT2D eigenvalue weighted by atomic mass is 16.5. The van der Waals surface area contributed by atoms with Crippen LogP contribution in [0.15, 0.2) is 30.6 Å². The molecule has 0 spiro atoms. The summed E-state index contributed by atoms with van der Waals surface area (Å²) in [6.07, 6.45) is 2.22. The van der Waals surface area contributed by atoms with E-state index < -0.39 is 5.97 Å². The van der Waals surface area contributed by atoms with Gasteiger partial charge in [0.25, 0.3) is 0 Å².